The van der Waals surface area contributed by atoms with Crippen LogP contribution >= 0.6 is 11.5 Å². The van der Waals surface area contributed by atoms with E-state index in [0.717, 1.165) is 11.5 Å². The van der Waals surface area contributed by atoms with E-state index in [4.69, 9.17) is 4.74 Å². The molecule has 1 heterocycles. The van der Waals surface area contributed by atoms with Crippen LogP contribution in [0.4, 0.5) is 0 Å². The highest BCUT2D eigenvalue weighted by Gasteiger charge is 2.20. The summed E-state index contributed by atoms with van der Waals surface area (Å²) in [6.07, 6.45) is 0. The van der Waals surface area contributed by atoms with Crippen molar-refractivity contribution < 1.29 is 18.3 Å². The maximum absolute atomic E-state index is 11.9. The van der Waals surface area contributed by atoms with Crippen LogP contribution in [0.5, 0.6) is 5.75 Å². The highest BCUT2D eigenvalue weighted by atomic mass is 32.2. The van der Waals surface area contributed by atoms with Gasteiger partial charge in [-0.15, -0.1) is 4.40 Å². The van der Waals surface area contributed by atoms with E-state index >= 15 is 0 Å². The lowest BCUT2D eigenvalue weighted by atomic mass is 10.2. The number of phenols is 1. The molecule has 0 spiro atoms. The summed E-state index contributed by atoms with van der Waals surface area (Å²) in [7, 11) is -2.58. The number of ether oxygens (including phenoxy) is 1. The molecule has 0 amide bonds. The van der Waals surface area contributed by atoms with Crippen molar-refractivity contribution in [3.8, 4) is 17.1 Å². The standard InChI is InChI=1S/C11H11N3O4S2/c1-7(18-2)14-20(16,17)11-12-10(13-19-11)8-3-5-9(15)6-4-8/h3-6,15H,1-2H3/b14-7-. The second-order valence-electron chi connectivity index (χ2n) is 3.72. The van der Waals surface area contributed by atoms with E-state index in [9.17, 15) is 13.5 Å². The molecule has 0 bridgehead atoms. The van der Waals surface area contributed by atoms with Crippen LogP contribution in [0.3, 0.4) is 0 Å². The maximum atomic E-state index is 11.9. The van der Waals surface area contributed by atoms with Crippen LogP contribution in [0.1, 0.15) is 6.92 Å². The summed E-state index contributed by atoms with van der Waals surface area (Å²) in [6, 6.07) is 6.13. The molecule has 0 atom stereocenters. The lowest BCUT2D eigenvalue weighted by Gasteiger charge is -1.97. The molecule has 0 saturated heterocycles. The van der Waals surface area contributed by atoms with Crippen molar-refractivity contribution in [2.75, 3.05) is 7.11 Å². The van der Waals surface area contributed by atoms with Crippen molar-refractivity contribution in [2.45, 2.75) is 11.3 Å². The van der Waals surface area contributed by atoms with Crippen LogP contribution < -0.4 is 0 Å². The zero-order valence-corrected chi connectivity index (χ0v) is 12.3. The lowest BCUT2D eigenvalue weighted by Crippen LogP contribution is -2.03. The monoisotopic (exact) mass is 313 g/mol. The number of hydrogen-bond donors (Lipinski definition) is 1. The molecule has 1 aromatic heterocycles. The van der Waals surface area contributed by atoms with Gasteiger partial charge in [-0.2, -0.15) is 12.8 Å². The Morgan fingerprint density at radius 3 is 2.60 bits per heavy atom. The first kappa shape index (κ1) is 14.4. The van der Waals surface area contributed by atoms with Crippen LogP contribution in [-0.4, -0.2) is 35.9 Å². The fraction of sp³-hybridized carbons (Fsp3) is 0.182. The third-order valence-corrected chi connectivity index (χ3v) is 4.69. The molecule has 0 saturated carbocycles. The summed E-state index contributed by atoms with van der Waals surface area (Å²) in [5.41, 5.74) is 0.605. The van der Waals surface area contributed by atoms with E-state index in [0.29, 0.717) is 5.56 Å². The third kappa shape index (κ3) is 3.11. The minimum atomic E-state index is -3.91. The third-order valence-electron chi connectivity index (χ3n) is 2.30. The SMILES string of the molecule is CO/C(C)=N\S(=O)(=O)c1nc(-c2ccc(O)cc2)ns1. The second kappa shape index (κ2) is 5.55. The Labute approximate surface area is 119 Å². The van der Waals surface area contributed by atoms with Gasteiger partial charge < -0.3 is 9.84 Å². The predicted molar refractivity (Wildman–Crippen MR) is 74.3 cm³/mol. The highest BCUT2D eigenvalue weighted by Crippen LogP contribution is 2.23. The molecule has 0 unspecified atom stereocenters. The number of sulfonamides is 1. The molecular weight excluding hydrogens is 302 g/mol. The van der Waals surface area contributed by atoms with Crippen molar-refractivity contribution in [1.29, 1.82) is 0 Å². The number of rotatable bonds is 3. The molecular formula is C11H11N3O4S2. The van der Waals surface area contributed by atoms with E-state index in [1.165, 1.54) is 26.2 Å². The number of benzene rings is 1. The van der Waals surface area contributed by atoms with E-state index in [1.807, 2.05) is 0 Å². The topological polar surface area (TPSA) is 102 Å². The summed E-state index contributed by atoms with van der Waals surface area (Å²) in [5.74, 6) is 0.391. The number of nitrogens with zero attached hydrogens (tertiary/aromatic N) is 3. The zero-order valence-electron chi connectivity index (χ0n) is 10.6. The van der Waals surface area contributed by atoms with Gasteiger partial charge in [0, 0.05) is 24.0 Å². The summed E-state index contributed by atoms with van der Waals surface area (Å²) in [6.45, 7) is 1.43. The summed E-state index contributed by atoms with van der Waals surface area (Å²) in [4.78, 5) is 3.94. The summed E-state index contributed by atoms with van der Waals surface area (Å²) in [5, 5.41) is 9.20. The molecule has 2 rings (SSSR count). The fourth-order valence-electron chi connectivity index (χ4n) is 1.29. The molecule has 1 N–H and O–H groups in total. The number of aromatic hydroxyl groups is 1. The molecule has 9 heteroatoms. The molecule has 0 aliphatic carbocycles. The van der Waals surface area contributed by atoms with Gasteiger partial charge in [0.25, 0.3) is 4.34 Å². The van der Waals surface area contributed by atoms with Crippen LogP contribution in [0.15, 0.2) is 33.0 Å². The minimum absolute atomic E-state index is 0.0198. The van der Waals surface area contributed by atoms with Gasteiger partial charge >= 0.3 is 10.0 Å². The molecule has 20 heavy (non-hydrogen) atoms. The molecule has 0 fully saturated rings. The Morgan fingerprint density at radius 2 is 2.00 bits per heavy atom. The molecule has 2 aromatic rings. The first-order chi connectivity index (χ1) is 9.42. The highest BCUT2D eigenvalue weighted by molar-refractivity contribution is 7.92. The average molecular weight is 313 g/mol. The van der Waals surface area contributed by atoms with Gasteiger partial charge in [0.15, 0.2) is 11.7 Å². The van der Waals surface area contributed by atoms with Gasteiger partial charge in [-0.1, -0.05) is 0 Å². The molecule has 106 valence electrons. The fourth-order valence-corrected chi connectivity index (χ4v) is 3.02. The first-order valence-electron chi connectivity index (χ1n) is 5.41. The maximum Gasteiger partial charge on any atom is 0.314 e. The van der Waals surface area contributed by atoms with Crippen LogP contribution in [-0.2, 0) is 14.8 Å². The lowest BCUT2D eigenvalue weighted by molar-refractivity contribution is 0.401. The smallest absolute Gasteiger partial charge is 0.314 e. The van der Waals surface area contributed by atoms with Crippen LogP contribution in [0, 0.1) is 0 Å². The Hall–Kier alpha value is -2.00. The van der Waals surface area contributed by atoms with Gasteiger partial charge in [0.05, 0.1) is 7.11 Å². The van der Waals surface area contributed by atoms with Gasteiger partial charge in [0.2, 0.25) is 0 Å². The Bertz CT molecular complexity index is 735. The average Bonchev–Trinajstić information content (AvgIpc) is 2.89. The quantitative estimate of drug-likeness (QED) is 0.683. The largest absolute Gasteiger partial charge is 0.508 e. The Balaban J connectivity index is 2.36. The second-order valence-corrected chi connectivity index (χ2v) is 6.25. The van der Waals surface area contributed by atoms with E-state index in [-0.39, 0.29) is 21.8 Å². The van der Waals surface area contributed by atoms with Crippen molar-refractivity contribution >= 4 is 27.5 Å². The van der Waals surface area contributed by atoms with Gasteiger partial charge in [-0.05, 0) is 24.3 Å². The van der Waals surface area contributed by atoms with Crippen LogP contribution in [0.2, 0.25) is 0 Å². The van der Waals surface area contributed by atoms with E-state index in [2.05, 4.69) is 13.8 Å². The van der Waals surface area contributed by atoms with Crippen molar-refractivity contribution in [3.63, 3.8) is 0 Å². The molecule has 0 radical (unpaired) electrons. The minimum Gasteiger partial charge on any atom is -0.508 e. The van der Waals surface area contributed by atoms with Gasteiger partial charge in [0.1, 0.15) is 5.75 Å². The zero-order chi connectivity index (χ0) is 14.8. The normalized spacial score (nSPS) is 12.4. The number of aromatic nitrogens is 2. The summed E-state index contributed by atoms with van der Waals surface area (Å²) < 4.78 is 35.7. The summed E-state index contributed by atoms with van der Waals surface area (Å²) >= 11 is 0.734. The molecule has 7 nitrogen and oxygen atoms in total. The predicted octanol–water partition coefficient (Wildman–Crippen LogP) is 1.66. The first-order valence-corrected chi connectivity index (χ1v) is 7.62. The Morgan fingerprint density at radius 1 is 1.35 bits per heavy atom. The van der Waals surface area contributed by atoms with Gasteiger partial charge in [-0.25, -0.2) is 4.98 Å². The number of phenolic OH excluding ortho intramolecular Hbond substituents is 1. The van der Waals surface area contributed by atoms with Crippen molar-refractivity contribution in [2.24, 2.45) is 4.40 Å². The number of hydrogen-bond acceptors (Lipinski definition) is 7. The van der Waals surface area contributed by atoms with E-state index < -0.39 is 10.0 Å². The molecule has 0 aliphatic heterocycles. The molecule has 0 aliphatic rings. The van der Waals surface area contributed by atoms with Crippen molar-refractivity contribution in [3.05, 3.63) is 24.3 Å². The van der Waals surface area contributed by atoms with Crippen LogP contribution in [0.25, 0.3) is 11.4 Å². The molecule has 1 aromatic carbocycles. The van der Waals surface area contributed by atoms with E-state index in [1.54, 1.807) is 12.1 Å². The Kier molecular flexibility index (Phi) is 4.00. The van der Waals surface area contributed by atoms with Crippen molar-refractivity contribution in [1.82, 2.24) is 9.36 Å². The number of methoxy groups -OCH3 is 1. The van der Waals surface area contributed by atoms with Gasteiger partial charge in [-0.3, -0.25) is 0 Å².